The van der Waals surface area contributed by atoms with Crippen molar-refractivity contribution in [2.45, 2.75) is 25.9 Å². The van der Waals surface area contributed by atoms with Crippen LogP contribution >= 0.6 is 0 Å². The molecule has 0 amide bonds. The highest BCUT2D eigenvalue weighted by Crippen LogP contribution is 2.33. The summed E-state index contributed by atoms with van der Waals surface area (Å²) >= 11 is 0. The van der Waals surface area contributed by atoms with Gasteiger partial charge in [-0.1, -0.05) is 0 Å². The molecule has 0 aromatic carbocycles. The van der Waals surface area contributed by atoms with Crippen LogP contribution in [0.4, 0.5) is 0 Å². The molecule has 0 bridgehead atoms. The van der Waals surface area contributed by atoms with E-state index in [4.69, 9.17) is 9.84 Å². The minimum atomic E-state index is -0.514. The average Bonchev–Trinajstić information content (AvgIpc) is 2.68. The minimum Gasteiger partial charge on any atom is -0.461 e. The van der Waals surface area contributed by atoms with E-state index in [9.17, 15) is 4.79 Å². The fourth-order valence-corrected chi connectivity index (χ4v) is 0.906. The molecule has 0 saturated heterocycles. The molecule has 10 heavy (non-hydrogen) atoms. The van der Waals surface area contributed by atoms with Gasteiger partial charge in [-0.3, -0.25) is 0 Å². The summed E-state index contributed by atoms with van der Waals surface area (Å²) in [6, 6.07) is 0. The SMILES string of the molecule is C[C@H](OC(=O)CO)C1CC1. The van der Waals surface area contributed by atoms with Crippen LogP contribution in [0.25, 0.3) is 0 Å². The van der Waals surface area contributed by atoms with Crippen molar-refractivity contribution < 1.29 is 14.6 Å². The van der Waals surface area contributed by atoms with Crippen LogP contribution in [0.5, 0.6) is 0 Å². The minimum absolute atomic E-state index is 0.000324. The van der Waals surface area contributed by atoms with Gasteiger partial charge in [0, 0.05) is 0 Å². The molecule has 1 aliphatic carbocycles. The highest BCUT2D eigenvalue weighted by atomic mass is 16.6. The maximum atomic E-state index is 10.5. The van der Waals surface area contributed by atoms with Gasteiger partial charge in [0.2, 0.25) is 0 Å². The molecule has 0 unspecified atom stereocenters. The zero-order chi connectivity index (χ0) is 7.56. The summed E-state index contributed by atoms with van der Waals surface area (Å²) in [6.07, 6.45) is 2.30. The molecule has 1 N–H and O–H groups in total. The molecule has 0 aromatic heterocycles. The van der Waals surface area contributed by atoms with Gasteiger partial charge in [-0.15, -0.1) is 0 Å². The van der Waals surface area contributed by atoms with E-state index in [0.717, 1.165) is 12.8 Å². The summed E-state index contributed by atoms with van der Waals surface area (Å²) in [5, 5.41) is 8.31. The average molecular weight is 144 g/mol. The van der Waals surface area contributed by atoms with Crippen LogP contribution in [0.3, 0.4) is 0 Å². The van der Waals surface area contributed by atoms with Gasteiger partial charge in [-0.2, -0.15) is 0 Å². The number of hydrogen-bond acceptors (Lipinski definition) is 3. The van der Waals surface area contributed by atoms with Crippen molar-refractivity contribution in [3.8, 4) is 0 Å². The Kier molecular flexibility index (Phi) is 2.27. The molecule has 0 heterocycles. The largest absolute Gasteiger partial charge is 0.461 e. The van der Waals surface area contributed by atoms with E-state index in [0.29, 0.717) is 5.92 Å². The summed E-state index contributed by atoms with van der Waals surface area (Å²) in [4.78, 5) is 10.5. The van der Waals surface area contributed by atoms with Gasteiger partial charge in [0.05, 0.1) is 0 Å². The standard InChI is InChI=1S/C7H12O3/c1-5(6-2-3-6)10-7(9)4-8/h5-6,8H,2-4H2,1H3/t5-/m0/s1. The Hall–Kier alpha value is -0.570. The van der Waals surface area contributed by atoms with Crippen LogP contribution in [0.15, 0.2) is 0 Å². The summed E-state index contributed by atoms with van der Waals surface area (Å²) in [5.74, 6) is 0.0369. The van der Waals surface area contributed by atoms with Crippen molar-refractivity contribution in [3.63, 3.8) is 0 Å². The lowest BCUT2D eigenvalue weighted by molar-refractivity contribution is -0.152. The molecule has 0 radical (unpaired) electrons. The molecular weight excluding hydrogens is 132 g/mol. The maximum absolute atomic E-state index is 10.5. The van der Waals surface area contributed by atoms with Crippen LogP contribution in [-0.2, 0) is 9.53 Å². The van der Waals surface area contributed by atoms with Crippen molar-refractivity contribution in [1.29, 1.82) is 0 Å². The van der Waals surface area contributed by atoms with Gasteiger partial charge >= 0.3 is 5.97 Å². The molecule has 1 atom stereocenters. The zero-order valence-corrected chi connectivity index (χ0v) is 6.04. The van der Waals surface area contributed by atoms with E-state index in [1.165, 1.54) is 0 Å². The van der Waals surface area contributed by atoms with Crippen molar-refractivity contribution in [2.24, 2.45) is 5.92 Å². The first-order valence-electron chi connectivity index (χ1n) is 3.54. The molecular formula is C7H12O3. The van der Waals surface area contributed by atoms with E-state index >= 15 is 0 Å². The summed E-state index contributed by atoms with van der Waals surface area (Å²) in [6.45, 7) is 1.36. The lowest BCUT2D eigenvalue weighted by atomic mass is 10.3. The first kappa shape index (κ1) is 7.54. The van der Waals surface area contributed by atoms with Gasteiger partial charge in [-0.25, -0.2) is 4.79 Å². The first-order chi connectivity index (χ1) is 4.74. The second-order valence-electron chi connectivity index (χ2n) is 2.69. The summed E-state index contributed by atoms with van der Waals surface area (Å²) in [7, 11) is 0. The Morgan fingerprint density at radius 3 is 2.80 bits per heavy atom. The van der Waals surface area contributed by atoms with Crippen molar-refractivity contribution in [1.82, 2.24) is 0 Å². The maximum Gasteiger partial charge on any atom is 0.332 e. The van der Waals surface area contributed by atoms with Crippen LogP contribution < -0.4 is 0 Å². The van der Waals surface area contributed by atoms with Gasteiger partial charge in [0.15, 0.2) is 0 Å². The van der Waals surface area contributed by atoms with Gasteiger partial charge in [0.1, 0.15) is 12.7 Å². The number of carbonyl (C=O) groups is 1. The van der Waals surface area contributed by atoms with Crippen molar-refractivity contribution in [3.05, 3.63) is 0 Å². The van der Waals surface area contributed by atoms with E-state index in [1.54, 1.807) is 0 Å². The molecule has 3 nitrogen and oxygen atoms in total. The fraction of sp³-hybridized carbons (Fsp3) is 0.857. The molecule has 0 spiro atoms. The predicted octanol–water partition coefficient (Wildman–Crippen LogP) is 0.320. The number of carbonyl (C=O) groups excluding carboxylic acids is 1. The lowest BCUT2D eigenvalue weighted by Gasteiger charge is -2.09. The third-order valence-electron chi connectivity index (χ3n) is 1.73. The predicted molar refractivity (Wildman–Crippen MR) is 35.4 cm³/mol. The van der Waals surface area contributed by atoms with E-state index in [-0.39, 0.29) is 6.10 Å². The van der Waals surface area contributed by atoms with Gasteiger partial charge < -0.3 is 9.84 Å². The number of esters is 1. The molecule has 0 aliphatic heterocycles. The topological polar surface area (TPSA) is 46.5 Å². The van der Waals surface area contributed by atoms with E-state index < -0.39 is 12.6 Å². The number of hydrogen-bond donors (Lipinski definition) is 1. The molecule has 58 valence electrons. The Bertz CT molecular complexity index is 129. The van der Waals surface area contributed by atoms with E-state index in [2.05, 4.69) is 0 Å². The smallest absolute Gasteiger partial charge is 0.332 e. The quantitative estimate of drug-likeness (QED) is 0.580. The third-order valence-corrected chi connectivity index (χ3v) is 1.73. The highest BCUT2D eigenvalue weighted by molar-refractivity contribution is 5.70. The highest BCUT2D eigenvalue weighted by Gasteiger charge is 2.30. The summed E-state index contributed by atoms with van der Waals surface area (Å²) in [5.41, 5.74) is 0. The molecule has 3 heteroatoms. The number of ether oxygens (including phenoxy) is 1. The molecule has 1 rings (SSSR count). The van der Waals surface area contributed by atoms with Gasteiger partial charge in [0.25, 0.3) is 0 Å². The Labute approximate surface area is 60.0 Å². The second kappa shape index (κ2) is 3.01. The van der Waals surface area contributed by atoms with Crippen LogP contribution in [0.1, 0.15) is 19.8 Å². The summed E-state index contributed by atoms with van der Waals surface area (Å²) < 4.78 is 4.83. The molecule has 1 aliphatic rings. The Morgan fingerprint density at radius 2 is 2.40 bits per heavy atom. The third kappa shape index (κ3) is 1.99. The number of rotatable bonds is 3. The van der Waals surface area contributed by atoms with Crippen LogP contribution in [-0.4, -0.2) is 23.8 Å². The van der Waals surface area contributed by atoms with Crippen molar-refractivity contribution in [2.75, 3.05) is 6.61 Å². The van der Waals surface area contributed by atoms with Gasteiger partial charge in [-0.05, 0) is 25.7 Å². The normalized spacial score (nSPS) is 20.2. The Balaban J connectivity index is 2.16. The van der Waals surface area contributed by atoms with Crippen LogP contribution in [0, 0.1) is 5.92 Å². The zero-order valence-electron chi connectivity index (χ0n) is 6.04. The molecule has 1 saturated carbocycles. The van der Waals surface area contributed by atoms with Crippen LogP contribution in [0.2, 0.25) is 0 Å². The Morgan fingerprint density at radius 1 is 1.80 bits per heavy atom. The lowest BCUT2D eigenvalue weighted by Crippen LogP contribution is -2.18. The number of aliphatic hydroxyl groups is 1. The second-order valence-corrected chi connectivity index (χ2v) is 2.69. The molecule has 0 aromatic rings. The monoisotopic (exact) mass is 144 g/mol. The first-order valence-corrected chi connectivity index (χ1v) is 3.54. The number of aliphatic hydroxyl groups excluding tert-OH is 1. The van der Waals surface area contributed by atoms with Crippen molar-refractivity contribution >= 4 is 5.97 Å². The molecule has 1 fully saturated rings. The van der Waals surface area contributed by atoms with E-state index in [1.807, 2.05) is 6.92 Å². The fourth-order valence-electron chi connectivity index (χ4n) is 0.906.